The molecule has 1 aromatic rings. The second kappa shape index (κ2) is 19.0. The van der Waals surface area contributed by atoms with Crippen molar-refractivity contribution in [1.82, 2.24) is 29.8 Å². The summed E-state index contributed by atoms with van der Waals surface area (Å²) in [6, 6.07) is 4.31. The number of hydrogen-bond acceptors (Lipinski definition) is 13. The molecule has 64 heavy (non-hydrogen) atoms. The molecule has 0 aromatic heterocycles. The topological polar surface area (TPSA) is 216 Å². The number of carbonyl (C=O) groups excluding carboxylic acids is 1. The first-order chi connectivity index (χ1) is 30.5. The molecule has 0 unspecified atom stereocenters. The maximum Gasteiger partial charge on any atom is 0.317 e. The average Bonchev–Trinajstić information content (AvgIpc) is 3.97. The first kappa shape index (κ1) is 46.9. The molecule has 356 valence electrons. The number of carboxylic acids is 3. The lowest BCUT2D eigenvalue weighted by atomic mass is 9.34. The van der Waals surface area contributed by atoms with Crippen LogP contribution in [-0.4, -0.2) is 202 Å². The molecule has 6 atom stereocenters. The van der Waals surface area contributed by atoms with Crippen molar-refractivity contribution in [3.05, 3.63) is 23.3 Å². The van der Waals surface area contributed by atoms with Gasteiger partial charge >= 0.3 is 17.9 Å². The van der Waals surface area contributed by atoms with Gasteiger partial charge in [-0.1, -0.05) is 18.9 Å². The number of nitrogens with one attached hydrogen (secondary N) is 1. The zero-order valence-corrected chi connectivity index (χ0v) is 38.0. The van der Waals surface area contributed by atoms with Crippen molar-refractivity contribution in [3.8, 4) is 11.5 Å². The largest absolute Gasteiger partial charge is 0.504 e. The van der Waals surface area contributed by atoms with Gasteiger partial charge in [-0.2, -0.15) is 0 Å². The minimum absolute atomic E-state index is 0.0599. The fraction of sp³-hybridized carbons (Fsp3) is 0.787. The van der Waals surface area contributed by atoms with Gasteiger partial charge in [-0.05, 0) is 95.7 Å². The molecule has 1 amide bonds. The minimum atomic E-state index is -1.01. The van der Waals surface area contributed by atoms with Crippen molar-refractivity contribution in [2.75, 3.05) is 105 Å². The van der Waals surface area contributed by atoms with Crippen LogP contribution in [0.2, 0.25) is 0 Å². The second-order valence-electron chi connectivity index (χ2n) is 20.7. The zero-order valence-electron chi connectivity index (χ0n) is 38.0. The van der Waals surface area contributed by atoms with Gasteiger partial charge < -0.3 is 40.3 Å². The highest BCUT2D eigenvalue weighted by atomic mass is 16.6. The smallest absolute Gasteiger partial charge is 0.317 e. The number of aliphatic carboxylic acids is 3. The van der Waals surface area contributed by atoms with Crippen LogP contribution in [0.1, 0.15) is 89.2 Å². The minimum Gasteiger partial charge on any atom is -0.504 e. The van der Waals surface area contributed by atoms with E-state index >= 15 is 0 Å². The number of likely N-dealkylation sites (tertiary alicyclic amines) is 1. The van der Waals surface area contributed by atoms with E-state index in [1.165, 1.54) is 24.0 Å². The quantitative estimate of drug-likeness (QED) is 0.109. The second-order valence-corrected chi connectivity index (χ2v) is 20.7. The number of amides is 1. The number of piperidine rings is 1. The Hall–Kier alpha value is -3.58. The Morgan fingerprint density at radius 2 is 1.36 bits per heavy atom. The highest BCUT2D eigenvalue weighted by Gasteiger charge is 2.81. The fourth-order valence-corrected chi connectivity index (χ4v) is 13.2. The van der Waals surface area contributed by atoms with Crippen LogP contribution in [0.4, 0.5) is 0 Å². The van der Waals surface area contributed by atoms with Crippen LogP contribution in [-0.2, 0) is 35.8 Å². The number of unbranched alkanes of at least 4 members (excludes halogenated alkanes) is 3. The summed E-state index contributed by atoms with van der Waals surface area (Å²) in [5.41, 5.74) is 0.511. The first-order valence-corrected chi connectivity index (χ1v) is 24.0. The molecule has 3 aliphatic heterocycles. The number of carboxylic acid groups (broad SMARTS) is 3. The summed E-state index contributed by atoms with van der Waals surface area (Å²) in [4.78, 5) is 57.9. The number of aromatic hydroxyl groups is 1. The highest BCUT2D eigenvalue weighted by Crippen LogP contribution is 2.77. The van der Waals surface area contributed by atoms with Gasteiger partial charge in [0.1, 0.15) is 11.7 Å². The molecule has 6 fully saturated rings. The fourth-order valence-electron chi connectivity index (χ4n) is 13.2. The summed E-state index contributed by atoms with van der Waals surface area (Å²) in [5.74, 6) is -1.65. The molecule has 17 heteroatoms. The monoisotopic (exact) mass is 897 g/mol. The Bertz CT molecular complexity index is 1860. The average molecular weight is 897 g/mol. The number of hydrogen-bond donors (Lipinski definition) is 6. The van der Waals surface area contributed by atoms with Gasteiger partial charge in [-0.25, -0.2) is 0 Å². The van der Waals surface area contributed by atoms with E-state index in [0.717, 1.165) is 76.8 Å². The van der Waals surface area contributed by atoms with Gasteiger partial charge in [0.15, 0.2) is 11.5 Å². The molecule has 5 aliphatic carbocycles. The molecule has 6 N–H and O–H groups in total. The Kier molecular flexibility index (Phi) is 13.9. The van der Waals surface area contributed by atoms with E-state index in [-0.39, 0.29) is 60.7 Å². The third kappa shape index (κ3) is 9.36. The molecule has 0 radical (unpaired) electrons. The summed E-state index contributed by atoms with van der Waals surface area (Å²) in [6.07, 6.45) is 10.4. The third-order valence-electron chi connectivity index (χ3n) is 16.3. The van der Waals surface area contributed by atoms with Gasteiger partial charge in [0, 0.05) is 100 Å². The molecule has 2 spiro atoms. The molecule has 1 aromatic carbocycles. The number of fused-ring (bicyclic) bond motifs is 2. The number of phenols is 1. The summed E-state index contributed by atoms with van der Waals surface area (Å²) >= 11 is 0. The van der Waals surface area contributed by atoms with Gasteiger partial charge in [0.05, 0.1) is 31.8 Å². The van der Waals surface area contributed by atoms with Crippen molar-refractivity contribution >= 4 is 23.8 Å². The lowest BCUT2D eigenvalue weighted by Crippen LogP contribution is -2.82. The molecule has 9 rings (SSSR count). The summed E-state index contributed by atoms with van der Waals surface area (Å²) in [7, 11) is 0. The van der Waals surface area contributed by atoms with Gasteiger partial charge in [-0.15, -0.1) is 0 Å². The standard InChI is InChI=1S/C47H72N6O11/c1-44(2,62)35-26-45-11-12-47(35,43-46(45)13-15-53(27-32-7-8-32)36(45)25-33-9-10-34(54)42(64-43)41(33)46)63-24-6-4-3-5-14-48-37(55)28-49-16-18-50(29-38(56)57)20-22-52(31-40(60)61)23-21-51(19-17-49)30-39(58)59/h9-10,32,35-36,43,54,62H,3-8,11-31H2,1-2H3,(H,48,55)(H,56,57)(H,58,59)(H,60,61)/t35-,36-,43-,45-,46+,47-/m1/s1. The maximum absolute atomic E-state index is 13.2. The molecule has 17 nitrogen and oxygen atoms in total. The predicted octanol–water partition coefficient (Wildman–Crippen LogP) is 1.91. The van der Waals surface area contributed by atoms with E-state index in [9.17, 15) is 44.7 Å². The number of benzene rings is 1. The molecular weight excluding hydrogens is 825 g/mol. The molecule has 4 bridgehead atoms. The van der Waals surface area contributed by atoms with E-state index in [1.807, 2.05) is 24.8 Å². The first-order valence-electron chi connectivity index (χ1n) is 24.0. The molecule has 3 heterocycles. The number of phenolic OH excluding ortho intramolecular Hbond substituents is 1. The van der Waals surface area contributed by atoms with E-state index in [1.54, 1.807) is 14.7 Å². The van der Waals surface area contributed by atoms with Crippen molar-refractivity contribution in [3.63, 3.8) is 0 Å². The number of rotatable bonds is 19. The Balaban J connectivity index is 0.848. The molecule has 4 saturated carbocycles. The van der Waals surface area contributed by atoms with Crippen molar-refractivity contribution in [2.45, 2.75) is 113 Å². The lowest BCUT2D eigenvalue weighted by molar-refractivity contribution is -0.307. The van der Waals surface area contributed by atoms with E-state index in [2.05, 4.69) is 16.3 Å². The number of carbonyl (C=O) groups is 4. The third-order valence-corrected chi connectivity index (χ3v) is 16.3. The maximum atomic E-state index is 13.2. The number of aliphatic hydroxyl groups is 1. The normalized spacial score (nSPS) is 31.4. The predicted molar refractivity (Wildman–Crippen MR) is 236 cm³/mol. The van der Waals surface area contributed by atoms with Crippen molar-refractivity contribution in [1.29, 1.82) is 0 Å². The van der Waals surface area contributed by atoms with E-state index in [0.29, 0.717) is 77.3 Å². The van der Waals surface area contributed by atoms with Crippen LogP contribution in [0, 0.1) is 17.3 Å². The number of nitrogens with zero attached hydrogens (tertiary/aromatic N) is 5. The van der Waals surface area contributed by atoms with Crippen LogP contribution in [0.5, 0.6) is 11.5 Å². The van der Waals surface area contributed by atoms with E-state index < -0.39 is 29.1 Å². The molecular formula is C47H72N6O11. The van der Waals surface area contributed by atoms with Crippen LogP contribution < -0.4 is 10.1 Å². The highest BCUT2D eigenvalue weighted by molar-refractivity contribution is 5.78. The van der Waals surface area contributed by atoms with Crippen LogP contribution >= 0.6 is 0 Å². The van der Waals surface area contributed by atoms with Gasteiger partial charge in [0.25, 0.3) is 0 Å². The van der Waals surface area contributed by atoms with Crippen molar-refractivity contribution in [2.24, 2.45) is 17.3 Å². The Morgan fingerprint density at radius 3 is 1.92 bits per heavy atom. The zero-order chi connectivity index (χ0) is 45.4. The molecule has 2 saturated heterocycles. The van der Waals surface area contributed by atoms with Crippen LogP contribution in [0.15, 0.2) is 12.1 Å². The lowest BCUT2D eigenvalue weighted by Gasteiger charge is -2.75. The summed E-state index contributed by atoms with van der Waals surface area (Å²) in [6.45, 7) is 9.22. The van der Waals surface area contributed by atoms with E-state index in [4.69, 9.17) is 9.47 Å². The SMILES string of the molecule is CC(C)(O)[C@H]1C[C@@]23CC[C@]1(OCCCCCCNC(=O)CN1CCN(CC(=O)O)CCN(CC(=O)O)CCN(CC(=O)O)CC1)[C@@H]1Oc4c(O)ccc5c4[C@@]12CCN(CC1CC1)[C@@H]3C5. The molecule has 8 aliphatic rings. The van der Waals surface area contributed by atoms with Crippen LogP contribution in [0.3, 0.4) is 0 Å². The van der Waals surface area contributed by atoms with Crippen molar-refractivity contribution < 1.29 is 54.2 Å². The number of ether oxygens (including phenoxy) is 2. The summed E-state index contributed by atoms with van der Waals surface area (Å²) < 4.78 is 14.2. The van der Waals surface area contributed by atoms with Crippen LogP contribution in [0.25, 0.3) is 0 Å². The Labute approximate surface area is 377 Å². The summed E-state index contributed by atoms with van der Waals surface area (Å²) in [5, 5.41) is 54.8. The van der Waals surface area contributed by atoms with Gasteiger partial charge in [0.2, 0.25) is 5.91 Å². The Morgan fingerprint density at radius 1 is 0.781 bits per heavy atom. The van der Waals surface area contributed by atoms with Gasteiger partial charge in [-0.3, -0.25) is 43.7 Å².